The van der Waals surface area contributed by atoms with Crippen LogP contribution in [0.4, 0.5) is 0 Å². The van der Waals surface area contributed by atoms with E-state index in [1.54, 1.807) is 0 Å². The average Bonchev–Trinajstić information content (AvgIpc) is 2.81. The van der Waals surface area contributed by atoms with Gasteiger partial charge in [0, 0.05) is 18.4 Å². The maximum Gasteiger partial charge on any atom is 0.236 e. The van der Waals surface area contributed by atoms with Crippen molar-refractivity contribution in [3.05, 3.63) is 36.1 Å². The second-order valence-corrected chi connectivity index (χ2v) is 4.69. The summed E-state index contributed by atoms with van der Waals surface area (Å²) in [6.45, 7) is 2.57. The maximum atomic E-state index is 11.6. The smallest absolute Gasteiger partial charge is 0.236 e. The molecule has 4 nitrogen and oxygen atoms in total. The van der Waals surface area contributed by atoms with Gasteiger partial charge in [-0.2, -0.15) is 0 Å². The highest BCUT2D eigenvalue weighted by molar-refractivity contribution is 5.81. The summed E-state index contributed by atoms with van der Waals surface area (Å²) in [5, 5.41) is 3.93. The lowest BCUT2D eigenvalue weighted by atomic mass is 10.1. The van der Waals surface area contributed by atoms with Crippen molar-refractivity contribution < 1.29 is 9.21 Å². The monoisotopic (exact) mass is 260 g/mol. The Bertz CT molecular complexity index is 515. The molecule has 0 saturated carbocycles. The largest absolute Gasteiger partial charge is 0.461 e. The molecule has 0 bridgehead atoms. The van der Waals surface area contributed by atoms with Gasteiger partial charge in [0.2, 0.25) is 5.91 Å². The van der Waals surface area contributed by atoms with Crippen LogP contribution in [0, 0.1) is 0 Å². The lowest BCUT2D eigenvalue weighted by Crippen LogP contribution is -2.41. The van der Waals surface area contributed by atoms with Crippen molar-refractivity contribution in [2.24, 2.45) is 5.73 Å². The fraction of sp³-hybridized carbons (Fsp3) is 0.400. The highest BCUT2D eigenvalue weighted by Crippen LogP contribution is 2.18. The first-order chi connectivity index (χ1) is 9.20. The van der Waals surface area contributed by atoms with Crippen molar-refractivity contribution >= 4 is 16.9 Å². The Labute approximate surface area is 113 Å². The number of rotatable bonds is 6. The zero-order chi connectivity index (χ0) is 13.7. The summed E-state index contributed by atoms with van der Waals surface area (Å²) in [5.74, 6) is 0.795. The van der Waals surface area contributed by atoms with Crippen molar-refractivity contribution in [2.75, 3.05) is 6.54 Å². The summed E-state index contributed by atoms with van der Waals surface area (Å²) in [6.07, 6.45) is 2.31. The minimum atomic E-state index is -0.402. The number of para-hydroxylation sites is 1. The standard InChI is InChI=1S/C15H20N2O2/c1-2-5-13(16)15(18)17-9-8-12-10-11-6-3-4-7-14(11)19-12/h3-4,6-7,10,13H,2,5,8-9,16H2,1H3,(H,17,18). The van der Waals surface area contributed by atoms with E-state index in [9.17, 15) is 4.79 Å². The predicted molar refractivity (Wildman–Crippen MR) is 75.8 cm³/mol. The van der Waals surface area contributed by atoms with E-state index in [0.29, 0.717) is 13.0 Å². The molecule has 0 fully saturated rings. The molecule has 2 aromatic rings. The molecule has 0 spiro atoms. The molecular formula is C15H20N2O2. The van der Waals surface area contributed by atoms with Gasteiger partial charge in [-0.1, -0.05) is 31.5 Å². The van der Waals surface area contributed by atoms with Crippen LogP contribution >= 0.6 is 0 Å². The molecule has 0 aliphatic rings. The average molecular weight is 260 g/mol. The Morgan fingerprint density at radius 1 is 1.42 bits per heavy atom. The van der Waals surface area contributed by atoms with Crippen molar-refractivity contribution in [1.82, 2.24) is 5.32 Å². The van der Waals surface area contributed by atoms with Gasteiger partial charge in [0.1, 0.15) is 11.3 Å². The number of hydrogen-bond acceptors (Lipinski definition) is 3. The number of nitrogens with two attached hydrogens (primary N) is 1. The third kappa shape index (κ3) is 3.58. The number of amides is 1. The van der Waals surface area contributed by atoms with Gasteiger partial charge in [0.25, 0.3) is 0 Å². The van der Waals surface area contributed by atoms with Gasteiger partial charge < -0.3 is 15.5 Å². The molecule has 0 aliphatic heterocycles. The molecule has 0 aliphatic carbocycles. The minimum Gasteiger partial charge on any atom is -0.461 e. The van der Waals surface area contributed by atoms with E-state index in [-0.39, 0.29) is 5.91 Å². The number of fused-ring (bicyclic) bond motifs is 1. The van der Waals surface area contributed by atoms with Gasteiger partial charge in [0.05, 0.1) is 6.04 Å². The van der Waals surface area contributed by atoms with E-state index >= 15 is 0 Å². The Morgan fingerprint density at radius 2 is 2.21 bits per heavy atom. The Kier molecular flexibility index (Phi) is 4.58. The number of furan rings is 1. The minimum absolute atomic E-state index is 0.0852. The van der Waals surface area contributed by atoms with Crippen LogP contribution in [0.15, 0.2) is 34.7 Å². The highest BCUT2D eigenvalue weighted by Gasteiger charge is 2.11. The van der Waals surface area contributed by atoms with Crippen LogP contribution in [0.25, 0.3) is 11.0 Å². The molecule has 1 unspecified atom stereocenters. The summed E-state index contributed by atoms with van der Waals surface area (Å²) in [6, 6.07) is 9.48. The van der Waals surface area contributed by atoms with E-state index in [0.717, 1.165) is 29.6 Å². The highest BCUT2D eigenvalue weighted by atomic mass is 16.3. The summed E-state index contributed by atoms with van der Waals surface area (Å²) >= 11 is 0. The van der Waals surface area contributed by atoms with Gasteiger partial charge in [-0.05, 0) is 18.6 Å². The second kappa shape index (κ2) is 6.38. The summed E-state index contributed by atoms with van der Waals surface area (Å²) in [7, 11) is 0. The first-order valence-electron chi connectivity index (χ1n) is 6.71. The molecule has 0 saturated heterocycles. The molecule has 1 aromatic heterocycles. The van der Waals surface area contributed by atoms with Crippen molar-refractivity contribution in [2.45, 2.75) is 32.2 Å². The molecule has 1 atom stereocenters. The molecule has 0 radical (unpaired) electrons. The Morgan fingerprint density at radius 3 is 2.95 bits per heavy atom. The molecule has 3 N–H and O–H groups in total. The molecule has 2 rings (SSSR count). The van der Waals surface area contributed by atoms with Crippen LogP contribution in [0.1, 0.15) is 25.5 Å². The van der Waals surface area contributed by atoms with E-state index in [1.807, 2.05) is 37.3 Å². The van der Waals surface area contributed by atoms with Crippen molar-refractivity contribution in [1.29, 1.82) is 0 Å². The second-order valence-electron chi connectivity index (χ2n) is 4.69. The molecular weight excluding hydrogens is 240 g/mol. The number of nitrogens with one attached hydrogen (secondary N) is 1. The van der Waals surface area contributed by atoms with Crippen LogP contribution < -0.4 is 11.1 Å². The third-order valence-electron chi connectivity index (χ3n) is 3.08. The maximum absolute atomic E-state index is 11.6. The first-order valence-corrected chi connectivity index (χ1v) is 6.71. The SMILES string of the molecule is CCCC(N)C(=O)NCCc1cc2ccccc2o1. The zero-order valence-corrected chi connectivity index (χ0v) is 11.2. The fourth-order valence-corrected chi connectivity index (χ4v) is 2.04. The van der Waals surface area contributed by atoms with Gasteiger partial charge in [0.15, 0.2) is 0 Å². The van der Waals surface area contributed by atoms with Crippen LogP contribution in [0.5, 0.6) is 0 Å². The zero-order valence-electron chi connectivity index (χ0n) is 11.2. The van der Waals surface area contributed by atoms with Crippen LogP contribution in [0.3, 0.4) is 0 Å². The van der Waals surface area contributed by atoms with E-state index in [4.69, 9.17) is 10.2 Å². The molecule has 102 valence electrons. The van der Waals surface area contributed by atoms with Gasteiger partial charge >= 0.3 is 0 Å². The topological polar surface area (TPSA) is 68.3 Å². The lowest BCUT2D eigenvalue weighted by Gasteiger charge is -2.10. The first kappa shape index (κ1) is 13.6. The third-order valence-corrected chi connectivity index (χ3v) is 3.08. The van der Waals surface area contributed by atoms with Gasteiger partial charge in [-0.3, -0.25) is 4.79 Å². The van der Waals surface area contributed by atoms with Gasteiger partial charge in [-0.25, -0.2) is 0 Å². The molecule has 19 heavy (non-hydrogen) atoms. The van der Waals surface area contributed by atoms with Crippen molar-refractivity contribution in [3.8, 4) is 0 Å². The Balaban J connectivity index is 1.84. The van der Waals surface area contributed by atoms with Crippen LogP contribution in [0.2, 0.25) is 0 Å². The number of hydrogen-bond donors (Lipinski definition) is 2. The fourth-order valence-electron chi connectivity index (χ4n) is 2.04. The summed E-state index contributed by atoms with van der Waals surface area (Å²) < 4.78 is 5.68. The summed E-state index contributed by atoms with van der Waals surface area (Å²) in [4.78, 5) is 11.6. The summed E-state index contributed by atoms with van der Waals surface area (Å²) in [5.41, 5.74) is 6.61. The van der Waals surface area contributed by atoms with Crippen LogP contribution in [-0.2, 0) is 11.2 Å². The molecule has 1 heterocycles. The number of carbonyl (C=O) groups excluding carboxylic acids is 1. The Hall–Kier alpha value is -1.81. The van der Waals surface area contributed by atoms with E-state index in [1.165, 1.54) is 0 Å². The molecule has 1 amide bonds. The van der Waals surface area contributed by atoms with E-state index in [2.05, 4.69) is 5.32 Å². The number of carbonyl (C=O) groups is 1. The number of benzene rings is 1. The predicted octanol–water partition coefficient (Wildman–Crippen LogP) is 2.22. The van der Waals surface area contributed by atoms with E-state index < -0.39 is 6.04 Å². The lowest BCUT2D eigenvalue weighted by molar-refractivity contribution is -0.122. The van der Waals surface area contributed by atoms with Crippen LogP contribution in [-0.4, -0.2) is 18.5 Å². The molecule has 1 aromatic carbocycles. The van der Waals surface area contributed by atoms with Crippen molar-refractivity contribution in [3.63, 3.8) is 0 Å². The quantitative estimate of drug-likeness (QED) is 0.836. The molecule has 4 heteroatoms. The van der Waals surface area contributed by atoms with Gasteiger partial charge in [-0.15, -0.1) is 0 Å². The normalized spacial score (nSPS) is 12.5.